The Morgan fingerprint density at radius 3 is 2.24 bits per heavy atom. The molecule has 1 amide bonds. The standard InChI is InChI=1S/C22H21FN2O3S/c1-24(16-17-9-4-3-5-10-17)22(26)18-11-8-12-19(15-18)29(27,28)25(2)21-14-7-6-13-20(21)23/h3-15H,16H2,1-2H3. The third-order valence-electron chi connectivity index (χ3n) is 4.54. The minimum atomic E-state index is -4.03. The molecule has 5 nitrogen and oxygen atoms in total. The molecule has 150 valence electrons. The lowest BCUT2D eigenvalue weighted by Crippen LogP contribution is -2.29. The predicted octanol–water partition coefficient (Wildman–Crippen LogP) is 3.92. The van der Waals surface area contributed by atoms with Crippen molar-refractivity contribution in [2.75, 3.05) is 18.4 Å². The summed E-state index contributed by atoms with van der Waals surface area (Å²) in [6.45, 7) is 0.395. The van der Waals surface area contributed by atoms with Gasteiger partial charge in [-0.25, -0.2) is 12.8 Å². The van der Waals surface area contributed by atoms with Crippen molar-refractivity contribution in [1.29, 1.82) is 0 Å². The quantitative estimate of drug-likeness (QED) is 0.617. The Hall–Kier alpha value is -3.19. The maximum atomic E-state index is 14.0. The topological polar surface area (TPSA) is 57.7 Å². The number of carbonyl (C=O) groups excluding carboxylic acids is 1. The number of amides is 1. The van der Waals surface area contributed by atoms with E-state index in [1.165, 1.54) is 48.3 Å². The summed E-state index contributed by atoms with van der Waals surface area (Å²) in [6.07, 6.45) is 0. The molecule has 0 aromatic heterocycles. The number of nitrogens with zero attached hydrogens (tertiary/aromatic N) is 2. The summed E-state index contributed by atoms with van der Waals surface area (Å²) in [7, 11) is -1.10. The van der Waals surface area contributed by atoms with Crippen LogP contribution in [0.1, 0.15) is 15.9 Å². The van der Waals surface area contributed by atoms with Gasteiger partial charge in [0, 0.05) is 26.2 Å². The zero-order chi connectivity index (χ0) is 21.0. The summed E-state index contributed by atoms with van der Waals surface area (Å²) in [4.78, 5) is 14.2. The monoisotopic (exact) mass is 412 g/mol. The molecule has 3 aromatic carbocycles. The molecule has 29 heavy (non-hydrogen) atoms. The van der Waals surface area contributed by atoms with E-state index >= 15 is 0 Å². The van der Waals surface area contributed by atoms with Crippen molar-refractivity contribution in [2.24, 2.45) is 0 Å². The minimum absolute atomic E-state index is 0.0644. The summed E-state index contributed by atoms with van der Waals surface area (Å²) < 4.78 is 40.8. The number of anilines is 1. The molecule has 0 fully saturated rings. The van der Waals surface area contributed by atoms with Crippen molar-refractivity contribution >= 4 is 21.6 Å². The molecule has 0 spiro atoms. The number of rotatable bonds is 6. The molecule has 0 bridgehead atoms. The third kappa shape index (κ3) is 4.46. The molecule has 3 aromatic rings. The number of para-hydroxylation sites is 1. The second kappa shape index (κ2) is 8.45. The van der Waals surface area contributed by atoms with E-state index in [1.807, 2.05) is 30.3 Å². The summed E-state index contributed by atoms with van der Waals surface area (Å²) in [5.74, 6) is -0.951. The van der Waals surface area contributed by atoms with Crippen LogP contribution in [0.15, 0.2) is 83.8 Å². The van der Waals surface area contributed by atoms with Gasteiger partial charge >= 0.3 is 0 Å². The molecule has 0 aliphatic rings. The first-order valence-electron chi connectivity index (χ1n) is 8.93. The molecular formula is C22H21FN2O3S. The maximum Gasteiger partial charge on any atom is 0.264 e. The molecule has 0 atom stereocenters. The fourth-order valence-electron chi connectivity index (χ4n) is 2.93. The molecule has 0 saturated heterocycles. The van der Waals surface area contributed by atoms with Crippen LogP contribution in [-0.4, -0.2) is 33.3 Å². The predicted molar refractivity (Wildman–Crippen MR) is 111 cm³/mol. The van der Waals surface area contributed by atoms with Crippen molar-refractivity contribution in [3.05, 3.63) is 95.8 Å². The fourth-order valence-corrected chi connectivity index (χ4v) is 4.18. The van der Waals surface area contributed by atoms with Crippen LogP contribution in [0.25, 0.3) is 0 Å². The van der Waals surface area contributed by atoms with Crippen LogP contribution in [0.3, 0.4) is 0 Å². The fraction of sp³-hybridized carbons (Fsp3) is 0.136. The Bertz CT molecular complexity index is 1120. The Kier molecular flexibility index (Phi) is 5.98. The van der Waals surface area contributed by atoms with Crippen LogP contribution in [0.4, 0.5) is 10.1 Å². The van der Waals surface area contributed by atoms with Crippen molar-refractivity contribution in [2.45, 2.75) is 11.4 Å². The van der Waals surface area contributed by atoms with Gasteiger partial charge in [0.15, 0.2) is 0 Å². The van der Waals surface area contributed by atoms with Gasteiger partial charge in [-0.2, -0.15) is 0 Å². The van der Waals surface area contributed by atoms with Gasteiger partial charge in [-0.3, -0.25) is 9.10 Å². The van der Waals surface area contributed by atoms with Gasteiger partial charge in [-0.1, -0.05) is 48.5 Å². The van der Waals surface area contributed by atoms with E-state index < -0.39 is 15.8 Å². The lowest BCUT2D eigenvalue weighted by atomic mass is 10.1. The van der Waals surface area contributed by atoms with E-state index in [2.05, 4.69) is 0 Å². The first kappa shape index (κ1) is 20.5. The second-order valence-electron chi connectivity index (χ2n) is 6.60. The van der Waals surface area contributed by atoms with Crippen molar-refractivity contribution < 1.29 is 17.6 Å². The highest BCUT2D eigenvalue weighted by Crippen LogP contribution is 2.25. The molecule has 3 rings (SSSR count). The zero-order valence-electron chi connectivity index (χ0n) is 16.1. The molecule has 0 aliphatic carbocycles. The maximum absolute atomic E-state index is 14.0. The molecule has 0 radical (unpaired) electrons. The average Bonchev–Trinajstić information content (AvgIpc) is 2.74. The second-order valence-corrected chi connectivity index (χ2v) is 8.57. The molecule has 0 saturated carbocycles. The smallest absolute Gasteiger partial charge is 0.264 e. The SMILES string of the molecule is CN(Cc1ccccc1)C(=O)c1cccc(S(=O)(=O)N(C)c2ccccc2F)c1. The van der Waals surface area contributed by atoms with Crippen LogP contribution < -0.4 is 4.31 Å². The van der Waals surface area contributed by atoms with E-state index in [0.717, 1.165) is 9.87 Å². The van der Waals surface area contributed by atoms with E-state index in [1.54, 1.807) is 19.2 Å². The van der Waals surface area contributed by atoms with E-state index in [4.69, 9.17) is 0 Å². The number of hydrogen-bond donors (Lipinski definition) is 0. The molecule has 0 unspecified atom stereocenters. The van der Waals surface area contributed by atoms with Crippen molar-refractivity contribution in [1.82, 2.24) is 4.90 Å². The van der Waals surface area contributed by atoms with Crippen molar-refractivity contribution in [3.8, 4) is 0 Å². The lowest BCUT2D eigenvalue weighted by molar-refractivity contribution is 0.0785. The molecular weight excluding hydrogens is 391 g/mol. The number of halogens is 1. The summed E-state index contributed by atoms with van der Waals surface area (Å²) >= 11 is 0. The zero-order valence-corrected chi connectivity index (χ0v) is 16.9. The number of carbonyl (C=O) groups is 1. The minimum Gasteiger partial charge on any atom is -0.337 e. The third-order valence-corrected chi connectivity index (χ3v) is 6.31. The van der Waals surface area contributed by atoms with Crippen molar-refractivity contribution in [3.63, 3.8) is 0 Å². The van der Waals surface area contributed by atoms with Crippen LogP contribution in [0.5, 0.6) is 0 Å². The molecule has 7 heteroatoms. The van der Waals surface area contributed by atoms with Gasteiger partial charge in [-0.15, -0.1) is 0 Å². The van der Waals surface area contributed by atoms with Crippen LogP contribution in [-0.2, 0) is 16.6 Å². The average molecular weight is 412 g/mol. The Balaban J connectivity index is 1.86. The Morgan fingerprint density at radius 1 is 0.897 bits per heavy atom. The largest absolute Gasteiger partial charge is 0.337 e. The highest BCUT2D eigenvalue weighted by molar-refractivity contribution is 7.92. The Morgan fingerprint density at radius 2 is 1.55 bits per heavy atom. The van der Waals surface area contributed by atoms with Gasteiger partial charge in [-0.05, 0) is 35.9 Å². The molecule has 0 aliphatic heterocycles. The van der Waals surface area contributed by atoms with Gasteiger partial charge < -0.3 is 4.90 Å². The van der Waals surface area contributed by atoms with E-state index in [0.29, 0.717) is 6.54 Å². The van der Waals surface area contributed by atoms with Gasteiger partial charge in [0.25, 0.3) is 15.9 Å². The highest BCUT2D eigenvalue weighted by Gasteiger charge is 2.24. The first-order valence-corrected chi connectivity index (χ1v) is 10.4. The van der Waals surface area contributed by atoms with Gasteiger partial charge in [0.1, 0.15) is 5.82 Å². The van der Waals surface area contributed by atoms with Crippen LogP contribution in [0, 0.1) is 5.82 Å². The van der Waals surface area contributed by atoms with Crippen LogP contribution in [0.2, 0.25) is 0 Å². The van der Waals surface area contributed by atoms with E-state index in [9.17, 15) is 17.6 Å². The van der Waals surface area contributed by atoms with Crippen LogP contribution >= 0.6 is 0 Å². The Labute approximate surface area is 170 Å². The summed E-state index contributed by atoms with van der Waals surface area (Å²) in [5, 5.41) is 0. The summed E-state index contributed by atoms with van der Waals surface area (Å²) in [5.41, 5.74) is 1.14. The first-order chi connectivity index (χ1) is 13.8. The highest BCUT2D eigenvalue weighted by atomic mass is 32.2. The number of sulfonamides is 1. The molecule has 0 N–H and O–H groups in total. The molecule has 0 heterocycles. The van der Waals surface area contributed by atoms with Gasteiger partial charge in [0.2, 0.25) is 0 Å². The lowest BCUT2D eigenvalue weighted by Gasteiger charge is -2.21. The summed E-state index contributed by atoms with van der Waals surface area (Å²) in [6, 6.07) is 20.9. The normalized spacial score (nSPS) is 11.1. The number of hydrogen-bond acceptors (Lipinski definition) is 3. The number of benzene rings is 3. The van der Waals surface area contributed by atoms with Gasteiger partial charge in [0.05, 0.1) is 10.6 Å². The van der Waals surface area contributed by atoms with E-state index in [-0.39, 0.29) is 22.1 Å².